The van der Waals surface area contributed by atoms with Crippen molar-refractivity contribution < 1.29 is 0 Å². The molecule has 3 heteroatoms. The lowest BCUT2D eigenvalue weighted by atomic mass is 10.00. The number of hydrogen-bond acceptors (Lipinski definition) is 3. The van der Waals surface area contributed by atoms with Gasteiger partial charge in [0.15, 0.2) is 0 Å². The third-order valence-electron chi connectivity index (χ3n) is 2.15. The van der Waals surface area contributed by atoms with Crippen LogP contribution in [0.15, 0.2) is 29.2 Å². The lowest BCUT2D eigenvalue weighted by molar-refractivity contribution is 0.696. The van der Waals surface area contributed by atoms with Gasteiger partial charge in [-0.25, -0.2) is 0 Å². The van der Waals surface area contributed by atoms with Gasteiger partial charge in [-0.3, -0.25) is 0 Å². The lowest BCUT2D eigenvalue weighted by Gasteiger charge is -2.15. The van der Waals surface area contributed by atoms with Crippen molar-refractivity contribution >= 4 is 11.8 Å². The van der Waals surface area contributed by atoms with E-state index in [1.54, 1.807) is 11.8 Å². The average Bonchev–Trinajstić information content (AvgIpc) is 2.20. The molecule has 0 atom stereocenters. The summed E-state index contributed by atoms with van der Waals surface area (Å²) in [4.78, 5) is 1.28. The van der Waals surface area contributed by atoms with Crippen LogP contribution in [0.3, 0.4) is 0 Å². The normalized spacial score (nSPS) is 10.8. The van der Waals surface area contributed by atoms with E-state index in [9.17, 15) is 0 Å². The highest BCUT2D eigenvalue weighted by Gasteiger charge is 2.10. The molecule has 72 valence electrons. The summed E-state index contributed by atoms with van der Waals surface area (Å²) in [5.74, 6) is 0.295. The molecule has 0 unspecified atom stereocenters. The Labute approximate surface area is 83.7 Å². The Morgan fingerprint density at radius 3 is 2.38 bits per heavy atom. The Kier molecular flexibility index (Phi) is 4.28. The van der Waals surface area contributed by atoms with Gasteiger partial charge in [0.25, 0.3) is 0 Å². The standard InChI is InChI=1S/C10H16N2S/c1-13-10-5-3-2-4-9(10)8(6-11)7-12/h2-5,8H,6-7,11-12H2,1H3. The minimum absolute atomic E-state index is 0.295. The van der Waals surface area contributed by atoms with Crippen LogP contribution in [-0.2, 0) is 0 Å². The van der Waals surface area contributed by atoms with Crippen LogP contribution in [0.5, 0.6) is 0 Å². The third kappa shape index (κ3) is 2.46. The van der Waals surface area contributed by atoms with Crippen molar-refractivity contribution in [2.24, 2.45) is 11.5 Å². The molecule has 13 heavy (non-hydrogen) atoms. The molecule has 0 bridgehead atoms. The van der Waals surface area contributed by atoms with Gasteiger partial charge in [0.05, 0.1) is 0 Å². The van der Waals surface area contributed by atoms with Crippen molar-refractivity contribution in [1.29, 1.82) is 0 Å². The molecule has 0 spiro atoms. The van der Waals surface area contributed by atoms with Crippen molar-refractivity contribution in [3.05, 3.63) is 29.8 Å². The van der Waals surface area contributed by atoms with Gasteiger partial charge in [0.2, 0.25) is 0 Å². The van der Waals surface area contributed by atoms with E-state index in [1.165, 1.54) is 10.5 Å². The fourth-order valence-electron chi connectivity index (χ4n) is 1.35. The summed E-state index contributed by atoms with van der Waals surface area (Å²) >= 11 is 1.74. The Bertz CT molecular complexity index is 259. The van der Waals surface area contributed by atoms with Gasteiger partial charge in [0.1, 0.15) is 0 Å². The Morgan fingerprint density at radius 1 is 1.23 bits per heavy atom. The number of nitrogens with two attached hydrogens (primary N) is 2. The minimum Gasteiger partial charge on any atom is -0.330 e. The zero-order valence-electron chi connectivity index (χ0n) is 7.86. The van der Waals surface area contributed by atoms with E-state index in [0.29, 0.717) is 19.0 Å². The largest absolute Gasteiger partial charge is 0.330 e. The van der Waals surface area contributed by atoms with Crippen molar-refractivity contribution in [3.8, 4) is 0 Å². The highest BCUT2D eigenvalue weighted by atomic mass is 32.2. The molecule has 1 aromatic rings. The molecule has 0 aliphatic heterocycles. The second-order valence-corrected chi connectivity index (χ2v) is 3.76. The van der Waals surface area contributed by atoms with Crippen LogP contribution in [0.4, 0.5) is 0 Å². The van der Waals surface area contributed by atoms with E-state index in [2.05, 4.69) is 18.4 Å². The second kappa shape index (κ2) is 5.27. The summed E-state index contributed by atoms with van der Waals surface area (Å²) in [6.45, 7) is 1.24. The maximum absolute atomic E-state index is 5.65. The highest BCUT2D eigenvalue weighted by molar-refractivity contribution is 7.98. The molecule has 0 aromatic heterocycles. The molecule has 1 rings (SSSR count). The first kappa shape index (κ1) is 10.6. The molecule has 0 aliphatic rings. The van der Waals surface area contributed by atoms with E-state index in [1.807, 2.05) is 12.1 Å². The molecule has 0 radical (unpaired) electrons. The zero-order chi connectivity index (χ0) is 9.68. The van der Waals surface area contributed by atoms with Crippen molar-refractivity contribution in [2.75, 3.05) is 19.3 Å². The molecule has 0 aliphatic carbocycles. The fraction of sp³-hybridized carbons (Fsp3) is 0.400. The second-order valence-electron chi connectivity index (χ2n) is 2.91. The fourth-order valence-corrected chi connectivity index (χ4v) is 2.04. The van der Waals surface area contributed by atoms with Crippen molar-refractivity contribution in [1.82, 2.24) is 0 Å². The summed E-state index contributed by atoms with van der Waals surface area (Å²) in [5.41, 5.74) is 12.6. The van der Waals surface area contributed by atoms with E-state index >= 15 is 0 Å². The van der Waals surface area contributed by atoms with Crippen LogP contribution in [-0.4, -0.2) is 19.3 Å². The Hall–Kier alpha value is -0.510. The molecular formula is C10H16N2S. The zero-order valence-corrected chi connectivity index (χ0v) is 8.68. The quantitative estimate of drug-likeness (QED) is 0.716. The van der Waals surface area contributed by atoms with Gasteiger partial charge in [-0.1, -0.05) is 18.2 Å². The van der Waals surface area contributed by atoms with Crippen LogP contribution in [0, 0.1) is 0 Å². The van der Waals surface area contributed by atoms with Crippen LogP contribution in [0.1, 0.15) is 11.5 Å². The predicted molar refractivity (Wildman–Crippen MR) is 59.1 cm³/mol. The maximum Gasteiger partial charge on any atom is 0.0105 e. The van der Waals surface area contributed by atoms with Crippen LogP contribution >= 0.6 is 11.8 Å². The summed E-state index contributed by atoms with van der Waals surface area (Å²) in [5, 5.41) is 0. The third-order valence-corrected chi connectivity index (χ3v) is 2.96. The minimum atomic E-state index is 0.295. The van der Waals surface area contributed by atoms with Gasteiger partial charge in [0, 0.05) is 23.9 Å². The molecule has 0 saturated heterocycles. The Balaban J connectivity index is 2.96. The maximum atomic E-state index is 5.65. The first-order valence-electron chi connectivity index (χ1n) is 4.36. The number of thioether (sulfide) groups is 1. The van der Waals surface area contributed by atoms with E-state index in [-0.39, 0.29) is 0 Å². The highest BCUT2D eigenvalue weighted by Crippen LogP contribution is 2.25. The first-order valence-corrected chi connectivity index (χ1v) is 5.59. The number of hydrogen-bond donors (Lipinski definition) is 2. The lowest BCUT2D eigenvalue weighted by Crippen LogP contribution is -2.21. The molecule has 0 fully saturated rings. The van der Waals surface area contributed by atoms with Crippen LogP contribution in [0.25, 0.3) is 0 Å². The van der Waals surface area contributed by atoms with E-state index in [0.717, 1.165) is 0 Å². The smallest absolute Gasteiger partial charge is 0.0105 e. The first-order chi connectivity index (χ1) is 6.33. The summed E-state index contributed by atoms with van der Waals surface area (Å²) in [6, 6.07) is 8.29. The molecule has 2 nitrogen and oxygen atoms in total. The molecular weight excluding hydrogens is 180 g/mol. The number of rotatable bonds is 4. The SMILES string of the molecule is CSc1ccccc1C(CN)CN. The van der Waals surface area contributed by atoms with Crippen molar-refractivity contribution in [2.45, 2.75) is 10.8 Å². The number of benzene rings is 1. The molecule has 0 amide bonds. The predicted octanol–water partition coefficient (Wildman–Crippen LogP) is 1.41. The topological polar surface area (TPSA) is 52.0 Å². The molecule has 0 saturated carbocycles. The molecule has 0 heterocycles. The van der Waals surface area contributed by atoms with Gasteiger partial charge >= 0.3 is 0 Å². The van der Waals surface area contributed by atoms with Gasteiger partial charge in [-0.05, 0) is 17.9 Å². The van der Waals surface area contributed by atoms with Crippen LogP contribution in [0.2, 0.25) is 0 Å². The Morgan fingerprint density at radius 2 is 1.85 bits per heavy atom. The van der Waals surface area contributed by atoms with Gasteiger partial charge in [-0.2, -0.15) is 0 Å². The molecule has 4 N–H and O–H groups in total. The summed E-state index contributed by atoms with van der Waals surface area (Å²) in [7, 11) is 0. The monoisotopic (exact) mass is 196 g/mol. The van der Waals surface area contributed by atoms with E-state index in [4.69, 9.17) is 11.5 Å². The van der Waals surface area contributed by atoms with E-state index < -0.39 is 0 Å². The van der Waals surface area contributed by atoms with Gasteiger partial charge in [-0.15, -0.1) is 11.8 Å². The molecule has 1 aromatic carbocycles. The van der Waals surface area contributed by atoms with Crippen molar-refractivity contribution in [3.63, 3.8) is 0 Å². The average molecular weight is 196 g/mol. The van der Waals surface area contributed by atoms with Gasteiger partial charge < -0.3 is 11.5 Å². The van der Waals surface area contributed by atoms with Crippen LogP contribution < -0.4 is 11.5 Å². The summed E-state index contributed by atoms with van der Waals surface area (Å²) < 4.78 is 0. The summed E-state index contributed by atoms with van der Waals surface area (Å²) in [6.07, 6.45) is 2.07.